The third-order valence-corrected chi connectivity index (χ3v) is 10.3. The number of thiocarbonyl (C=S) groups is 1. The lowest BCUT2D eigenvalue weighted by Crippen LogP contribution is -2.30. The van der Waals surface area contributed by atoms with Crippen LogP contribution in [-0.4, -0.2) is 57.3 Å². The molecule has 1 aliphatic rings. The van der Waals surface area contributed by atoms with Gasteiger partial charge in [0, 0.05) is 37.0 Å². The van der Waals surface area contributed by atoms with Gasteiger partial charge in [0.2, 0.25) is 10.0 Å². The molecule has 0 spiro atoms. The van der Waals surface area contributed by atoms with Crippen molar-refractivity contribution in [2.45, 2.75) is 25.2 Å². The number of sulfonamides is 1. The van der Waals surface area contributed by atoms with E-state index in [4.69, 9.17) is 17.3 Å². The monoisotopic (exact) mass is 602 g/mol. The molecule has 0 radical (unpaired) electrons. The van der Waals surface area contributed by atoms with E-state index in [2.05, 4.69) is 0 Å². The molecular formula is C31H30N4O3S3. The van der Waals surface area contributed by atoms with E-state index in [0.29, 0.717) is 52.1 Å². The quantitative estimate of drug-likeness (QED) is 0.163. The molecule has 0 saturated carbocycles. The normalized spacial score (nSPS) is 14.9. The van der Waals surface area contributed by atoms with E-state index in [-0.39, 0.29) is 10.8 Å². The summed E-state index contributed by atoms with van der Waals surface area (Å²) in [5.41, 5.74) is 3.88. The van der Waals surface area contributed by atoms with Gasteiger partial charge in [-0.1, -0.05) is 98.5 Å². The van der Waals surface area contributed by atoms with E-state index >= 15 is 0 Å². The molecule has 41 heavy (non-hydrogen) atoms. The highest BCUT2D eigenvalue weighted by Crippen LogP contribution is 2.35. The third kappa shape index (κ3) is 6.20. The lowest BCUT2D eigenvalue weighted by Gasteiger charge is -2.18. The minimum atomic E-state index is -3.66. The van der Waals surface area contributed by atoms with Gasteiger partial charge in [0.05, 0.1) is 15.5 Å². The zero-order chi connectivity index (χ0) is 29.0. The van der Waals surface area contributed by atoms with Gasteiger partial charge < -0.3 is 0 Å². The van der Waals surface area contributed by atoms with Gasteiger partial charge in [-0.25, -0.2) is 13.1 Å². The maximum Gasteiger partial charge on any atom is 0.266 e. The number of aromatic nitrogens is 2. The molecule has 0 bridgehead atoms. The van der Waals surface area contributed by atoms with Crippen LogP contribution in [-0.2, 0) is 21.2 Å². The van der Waals surface area contributed by atoms with Crippen molar-refractivity contribution in [2.75, 3.05) is 19.6 Å². The van der Waals surface area contributed by atoms with Crippen molar-refractivity contribution >= 4 is 50.3 Å². The minimum absolute atomic E-state index is 0.146. The van der Waals surface area contributed by atoms with Gasteiger partial charge in [-0.15, -0.1) is 0 Å². The van der Waals surface area contributed by atoms with Gasteiger partial charge in [-0.05, 0) is 42.3 Å². The highest BCUT2D eigenvalue weighted by Gasteiger charge is 2.32. The molecular weight excluding hydrogens is 573 g/mol. The molecule has 7 nitrogen and oxygen atoms in total. The van der Waals surface area contributed by atoms with E-state index < -0.39 is 10.0 Å². The van der Waals surface area contributed by atoms with Gasteiger partial charge in [-0.3, -0.25) is 9.69 Å². The summed E-state index contributed by atoms with van der Waals surface area (Å²) < 4.78 is 30.2. The molecule has 3 aromatic carbocycles. The largest absolute Gasteiger partial charge is 0.293 e. The molecule has 0 unspecified atom stereocenters. The molecule has 0 aliphatic carbocycles. The van der Waals surface area contributed by atoms with Gasteiger partial charge in [0.25, 0.3) is 5.91 Å². The number of hydrogen-bond acceptors (Lipinski definition) is 6. The number of para-hydroxylation sites is 1. The van der Waals surface area contributed by atoms with Crippen molar-refractivity contribution in [1.29, 1.82) is 0 Å². The second kappa shape index (κ2) is 12.5. The van der Waals surface area contributed by atoms with E-state index in [9.17, 15) is 13.2 Å². The molecule has 1 fully saturated rings. The molecule has 2 heterocycles. The van der Waals surface area contributed by atoms with Gasteiger partial charge in [0.1, 0.15) is 10.0 Å². The number of hydrogen-bond donors (Lipinski definition) is 0. The first-order valence-electron chi connectivity index (χ1n) is 13.4. The van der Waals surface area contributed by atoms with Gasteiger partial charge in [0.15, 0.2) is 0 Å². The van der Waals surface area contributed by atoms with Crippen LogP contribution in [0.15, 0.2) is 101 Å². The Balaban J connectivity index is 1.52. The maximum atomic E-state index is 13.4. The van der Waals surface area contributed by atoms with Crippen molar-refractivity contribution in [3.05, 3.63) is 107 Å². The van der Waals surface area contributed by atoms with Crippen molar-refractivity contribution in [1.82, 2.24) is 19.0 Å². The summed E-state index contributed by atoms with van der Waals surface area (Å²) >= 11 is 6.84. The number of benzene rings is 3. The zero-order valence-corrected chi connectivity index (χ0v) is 25.3. The predicted octanol–water partition coefficient (Wildman–Crippen LogP) is 6.01. The fourth-order valence-corrected chi connectivity index (χ4v) is 7.47. The minimum Gasteiger partial charge on any atom is -0.293 e. The summed E-state index contributed by atoms with van der Waals surface area (Å²) in [6, 6.07) is 26.4. The number of thioether (sulfide) groups is 1. The number of nitrogens with zero attached hydrogens (tertiary/aromatic N) is 4. The van der Waals surface area contributed by atoms with E-state index in [1.165, 1.54) is 16.1 Å². The molecule has 1 saturated heterocycles. The summed E-state index contributed by atoms with van der Waals surface area (Å²) in [4.78, 5) is 15.8. The van der Waals surface area contributed by atoms with Crippen LogP contribution in [0.2, 0.25) is 0 Å². The Morgan fingerprint density at radius 2 is 1.63 bits per heavy atom. The van der Waals surface area contributed by atoms with Crippen LogP contribution in [0, 0.1) is 0 Å². The highest BCUT2D eigenvalue weighted by molar-refractivity contribution is 8.26. The number of rotatable bonds is 10. The van der Waals surface area contributed by atoms with Crippen LogP contribution in [0.25, 0.3) is 23.0 Å². The third-order valence-electron chi connectivity index (χ3n) is 6.84. The molecule has 10 heteroatoms. The van der Waals surface area contributed by atoms with Crippen molar-refractivity contribution in [2.24, 2.45) is 0 Å². The number of carbonyl (C=O) groups excluding carboxylic acids is 1. The summed E-state index contributed by atoms with van der Waals surface area (Å²) in [6.45, 7) is 4.89. The zero-order valence-electron chi connectivity index (χ0n) is 22.8. The van der Waals surface area contributed by atoms with E-state index in [0.717, 1.165) is 11.3 Å². The lowest BCUT2D eigenvalue weighted by atomic mass is 10.1. The van der Waals surface area contributed by atoms with Crippen molar-refractivity contribution < 1.29 is 13.2 Å². The van der Waals surface area contributed by atoms with E-state index in [1.807, 2.05) is 86.8 Å². The van der Waals surface area contributed by atoms with Crippen LogP contribution >= 0.6 is 24.0 Å². The summed E-state index contributed by atoms with van der Waals surface area (Å²) in [5.74, 6) is -0.146. The van der Waals surface area contributed by atoms with Crippen LogP contribution in [0.4, 0.5) is 0 Å². The Morgan fingerprint density at radius 3 is 2.32 bits per heavy atom. The summed E-state index contributed by atoms with van der Waals surface area (Å²) in [6.07, 6.45) is 4.35. The SMILES string of the molecule is CCN(CC)S(=O)(=O)c1cccc(-c2nn(-c3ccccc3)cc2C=C2SC(=S)N(CCc3ccccc3)C2=O)c1. The van der Waals surface area contributed by atoms with E-state index in [1.54, 1.807) is 33.9 Å². The molecule has 5 rings (SSSR count). The van der Waals surface area contributed by atoms with Crippen molar-refractivity contribution in [3.8, 4) is 16.9 Å². The molecule has 1 aromatic heterocycles. The van der Waals surface area contributed by atoms with Crippen LogP contribution < -0.4 is 0 Å². The topological polar surface area (TPSA) is 75.5 Å². The van der Waals surface area contributed by atoms with Crippen molar-refractivity contribution in [3.63, 3.8) is 0 Å². The summed E-state index contributed by atoms with van der Waals surface area (Å²) in [5, 5.41) is 4.84. The highest BCUT2D eigenvalue weighted by atomic mass is 32.2. The molecule has 210 valence electrons. The molecule has 0 atom stereocenters. The first-order valence-corrected chi connectivity index (χ1v) is 16.0. The standard InChI is InChI=1S/C31H30N4O3S3/c1-3-33(4-2)41(37,38)27-17-11-14-24(20-27)29-25(22-35(32-29)26-15-9-6-10-16-26)21-28-30(36)34(31(39)40-28)19-18-23-12-7-5-8-13-23/h5-17,20-22H,3-4,18-19H2,1-2H3. The Kier molecular flexibility index (Phi) is 8.84. The maximum absolute atomic E-state index is 13.4. The first-order chi connectivity index (χ1) is 19.8. The Hall–Kier alpha value is -3.57. The average Bonchev–Trinajstić information content (AvgIpc) is 3.53. The molecule has 1 aliphatic heterocycles. The Morgan fingerprint density at radius 1 is 0.951 bits per heavy atom. The summed E-state index contributed by atoms with van der Waals surface area (Å²) in [7, 11) is -3.66. The molecule has 0 N–H and O–H groups in total. The average molecular weight is 603 g/mol. The second-order valence-corrected chi connectivity index (χ2v) is 13.0. The molecule has 4 aromatic rings. The smallest absolute Gasteiger partial charge is 0.266 e. The van der Waals surface area contributed by atoms with Gasteiger partial charge >= 0.3 is 0 Å². The van der Waals surface area contributed by atoms with Crippen LogP contribution in [0.1, 0.15) is 25.0 Å². The molecule has 1 amide bonds. The Bertz CT molecular complexity index is 1700. The Labute approximate surface area is 250 Å². The number of amides is 1. The fourth-order valence-electron chi connectivity index (χ4n) is 4.67. The van der Waals surface area contributed by atoms with Gasteiger partial charge in [-0.2, -0.15) is 9.40 Å². The van der Waals surface area contributed by atoms with Crippen LogP contribution in [0.5, 0.6) is 0 Å². The second-order valence-electron chi connectivity index (χ2n) is 9.40. The fraction of sp³-hybridized carbons (Fsp3) is 0.194. The first kappa shape index (κ1) is 28.9. The predicted molar refractivity (Wildman–Crippen MR) is 169 cm³/mol. The van der Waals surface area contributed by atoms with Crippen LogP contribution in [0.3, 0.4) is 0 Å². The lowest BCUT2D eigenvalue weighted by molar-refractivity contribution is -0.122. The number of carbonyl (C=O) groups is 1.